The van der Waals surface area contributed by atoms with Crippen LogP contribution in [0.15, 0.2) is 40.4 Å². The number of ether oxygens (including phenoxy) is 2. The zero-order valence-corrected chi connectivity index (χ0v) is 18.4. The molecule has 2 heterocycles. The number of amides is 1. The van der Waals surface area contributed by atoms with E-state index in [9.17, 15) is 9.59 Å². The van der Waals surface area contributed by atoms with E-state index in [4.69, 9.17) is 9.47 Å². The minimum Gasteiger partial charge on any atom is -0.493 e. The van der Waals surface area contributed by atoms with Gasteiger partial charge in [-0.1, -0.05) is 31.0 Å². The Morgan fingerprint density at radius 3 is 2.71 bits per heavy atom. The summed E-state index contributed by atoms with van der Waals surface area (Å²) < 4.78 is 13.1. The first-order valence-corrected chi connectivity index (χ1v) is 11.1. The number of hydrogen-bond acceptors (Lipinski definition) is 7. The van der Waals surface area contributed by atoms with Gasteiger partial charge in [0, 0.05) is 29.4 Å². The van der Waals surface area contributed by atoms with E-state index in [1.165, 1.54) is 30.8 Å². The van der Waals surface area contributed by atoms with Gasteiger partial charge in [-0.05, 0) is 25.0 Å². The molecule has 0 radical (unpaired) electrons. The third-order valence-electron chi connectivity index (χ3n) is 5.26. The number of carbonyl (C=O) groups is 1. The van der Waals surface area contributed by atoms with E-state index in [-0.39, 0.29) is 18.1 Å². The third kappa shape index (κ3) is 4.68. The SMILES string of the molecule is COc1ccc(NC(=O)Cn2nc3c(SC4CCCCC4)nccn3c2=O)cc1OC. The first-order chi connectivity index (χ1) is 15.1. The second-order valence-corrected chi connectivity index (χ2v) is 8.65. The second-order valence-electron chi connectivity index (χ2n) is 7.36. The second kappa shape index (κ2) is 9.42. The Balaban J connectivity index is 1.52. The van der Waals surface area contributed by atoms with E-state index >= 15 is 0 Å². The molecule has 4 rings (SSSR count). The van der Waals surface area contributed by atoms with E-state index in [0.717, 1.165) is 22.5 Å². The predicted octanol–water partition coefficient (Wildman–Crippen LogP) is 2.97. The van der Waals surface area contributed by atoms with Crippen molar-refractivity contribution in [3.8, 4) is 11.5 Å². The van der Waals surface area contributed by atoms with E-state index in [2.05, 4.69) is 15.4 Å². The highest BCUT2D eigenvalue weighted by atomic mass is 32.2. The summed E-state index contributed by atoms with van der Waals surface area (Å²) in [5, 5.41) is 8.38. The Kier molecular flexibility index (Phi) is 6.45. The lowest BCUT2D eigenvalue weighted by Gasteiger charge is -2.20. The summed E-state index contributed by atoms with van der Waals surface area (Å²) in [7, 11) is 3.07. The van der Waals surface area contributed by atoms with Crippen molar-refractivity contribution in [2.24, 2.45) is 0 Å². The lowest BCUT2D eigenvalue weighted by molar-refractivity contribution is -0.117. The molecule has 10 heteroatoms. The van der Waals surface area contributed by atoms with Crippen LogP contribution >= 0.6 is 11.8 Å². The van der Waals surface area contributed by atoms with Crippen molar-refractivity contribution in [1.82, 2.24) is 19.2 Å². The number of methoxy groups -OCH3 is 2. The van der Waals surface area contributed by atoms with Gasteiger partial charge in [-0.2, -0.15) is 0 Å². The molecular formula is C21H25N5O4S. The smallest absolute Gasteiger partial charge is 0.350 e. The standard InChI is InChI=1S/C21H25N5O4S/c1-29-16-9-8-14(12-17(16)30-2)23-18(27)13-26-21(28)25-11-10-22-20(19(25)24-26)31-15-6-4-3-5-7-15/h8-12,15H,3-7,13H2,1-2H3,(H,23,27). The molecule has 1 aliphatic carbocycles. The van der Waals surface area contributed by atoms with E-state index in [1.54, 1.807) is 49.5 Å². The number of fused-ring (bicyclic) bond motifs is 1. The fourth-order valence-corrected chi connectivity index (χ4v) is 4.95. The number of anilines is 1. The van der Waals surface area contributed by atoms with Gasteiger partial charge in [0.25, 0.3) is 0 Å². The molecule has 1 N–H and O–H groups in total. The molecule has 0 unspecified atom stereocenters. The Labute approximate surface area is 183 Å². The average Bonchev–Trinajstić information content (AvgIpc) is 3.10. The van der Waals surface area contributed by atoms with Crippen LogP contribution < -0.4 is 20.5 Å². The molecule has 1 aliphatic rings. The number of thioether (sulfide) groups is 1. The Hall–Kier alpha value is -3.01. The molecule has 1 amide bonds. The van der Waals surface area contributed by atoms with Crippen LogP contribution in [0.1, 0.15) is 32.1 Å². The van der Waals surface area contributed by atoms with E-state index < -0.39 is 0 Å². The van der Waals surface area contributed by atoms with Gasteiger partial charge in [0.15, 0.2) is 17.1 Å². The fourth-order valence-electron chi connectivity index (χ4n) is 3.70. The van der Waals surface area contributed by atoms with Crippen LogP contribution in [0, 0.1) is 0 Å². The normalized spacial score (nSPS) is 14.5. The van der Waals surface area contributed by atoms with Gasteiger partial charge >= 0.3 is 5.69 Å². The first-order valence-electron chi connectivity index (χ1n) is 10.2. The highest BCUT2D eigenvalue weighted by Crippen LogP contribution is 2.33. The monoisotopic (exact) mass is 443 g/mol. The predicted molar refractivity (Wildman–Crippen MR) is 118 cm³/mol. The lowest BCUT2D eigenvalue weighted by Crippen LogP contribution is -2.28. The van der Waals surface area contributed by atoms with Gasteiger partial charge in [-0.15, -0.1) is 5.10 Å². The molecule has 3 aromatic rings. The topological polar surface area (TPSA) is 99.7 Å². The molecule has 1 fully saturated rings. The summed E-state index contributed by atoms with van der Waals surface area (Å²) in [5.74, 6) is 0.695. The van der Waals surface area contributed by atoms with Crippen molar-refractivity contribution in [3.63, 3.8) is 0 Å². The zero-order valence-electron chi connectivity index (χ0n) is 17.5. The molecule has 0 atom stereocenters. The minimum atomic E-state index is -0.370. The quantitative estimate of drug-likeness (QED) is 0.599. The maximum absolute atomic E-state index is 12.8. The Bertz CT molecular complexity index is 1140. The van der Waals surface area contributed by atoms with Gasteiger partial charge in [0.2, 0.25) is 5.91 Å². The number of nitrogens with one attached hydrogen (secondary N) is 1. The van der Waals surface area contributed by atoms with Crippen LogP contribution in [0.25, 0.3) is 5.65 Å². The van der Waals surface area contributed by atoms with Crippen LogP contribution in [0.4, 0.5) is 5.69 Å². The van der Waals surface area contributed by atoms with E-state index in [1.807, 2.05) is 0 Å². The summed E-state index contributed by atoms with van der Waals surface area (Å²) in [6.45, 7) is -0.206. The number of benzene rings is 1. The number of rotatable bonds is 7. The summed E-state index contributed by atoms with van der Waals surface area (Å²) >= 11 is 1.67. The zero-order chi connectivity index (χ0) is 21.8. The molecule has 2 aromatic heterocycles. The van der Waals surface area contributed by atoms with E-state index in [0.29, 0.717) is 28.1 Å². The van der Waals surface area contributed by atoms with Crippen LogP contribution in [0.2, 0.25) is 0 Å². The van der Waals surface area contributed by atoms with Gasteiger partial charge in [0.05, 0.1) is 14.2 Å². The molecule has 9 nitrogen and oxygen atoms in total. The van der Waals surface area contributed by atoms with Crippen molar-refractivity contribution in [2.45, 2.75) is 48.9 Å². The third-order valence-corrected chi connectivity index (χ3v) is 6.58. The highest BCUT2D eigenvalue weighted by molar-refractivity contribution is 8.00. The van der Waals surface area contributed by atoms with Gasteiger partial charge in [-0.3, -0.25) is 4.79 Å². The first kappa shape index (κ1) is 21.2. The fraction of sp³-hybridized carbons (Fsp3) is 0.429. The summed E-state index contributed by atoms with van der Waals surface area (Å²) in [6, 6.07) is 5.06. The van der Waals surface area contributed by atoms with Crippen LogP contribution in [-0.2, 0) is 11.3 Å². The van der Waals surface area contributed by atoms with Crippen molar-refractivity contribution in [3.05, 3.63) is 41.1 Å². The number of nitrogens with zero attached hydrogens (tertiary/aromatic N) is 4. The van der Waals surface area contributed by atoms with Crippen LogP contribution in [-0.4, -0.2) is 44.5 Å². The summed E-state index contributed by atoms with van der Waals surface area (Å²) in [5.41, 5.74) is 0.655. The molecular weight excluding hydrogens is 418 g/mol. The van der Waals surface area contributed by atoms with Gasteiger partial charge < -0.3 is 14.8 Å². The maximum atomic E-state index is 12.8. The van der Waals surface area contributed by atoms with Crippen LogP contribution in [0.3, 0.4) is 0 Å². The molecule has 0 bridgehead atoms. The van der Waals surface area contributed by atoms with Crippen molar-refractivity contribution in [2.75, 3.05) is 19.5 Å². The lowest BCUT2D eigenvalue weighted by atomic mass is 10.0. The number of carbonyl (C=O) groups excluding carboxylic acids is 1. The van der Waals surface area contributed by atoms with Crippen molar-refractivity contribution < 1.29 is 14.3 Å². The Morgan fingerprint density at radius 2 is 1.97 bits per heavy atom. The molecule has 164 valence electrons. The average molecular weight is 444 g/mol. The Morgan fingerprint density at radius 1 is 1.19 bits per heavy atom. The van der Waals surface area contributed by atoms with Gasteiger partial charge in [0.1, 0.15) is 11.6 Å². The maximum Gasteiger partial charge on any atom is 0.350 e. The van der Waals surface area contributed by atoms with Gasteiger partial charge in [-0.25, -0.2) is 18.9 Å². The molecule has 0 spiro atoms. The largest absolute Gasteiger partial charge is 0.493 e. The highest BCUT2D eigenvalue weighted by Gasteiger charge is 2.20. The molecule has 31 heavy (non-hydrogen) atoms. The van der Waals surface area contributed by atoms with Crippen molar-refractivity contribution >= 4 is 29.0 Å². The number of hydrogen-bond donors (Lipinski definition) is 1. The minimum absolute atomic E-state index is 0.206. The molecule has 0 aliphatic heterocycles. The summed E-state index contributed by atoms with van der Waals surface area (Å²) in [6.07, 6.45) is 9.19. The van der Waals surface area contributed by atoms with Crippen molar-refractivity contribution in [1.29, 1.82) is 0 Å². The van der Waals surface area contributed by atoms with Crippen LogP contribution in [0.5, 0.6) is 11.5 Å². The molecule has 1 aromatic carbocycles. The molecule has 0 saturated heterocycles. The molecule has 1 saturated carbocycles. The summed E-state index contributed by atoms with van der Waals surface area (Å²) in [4.78, 5) is 29.7. The number of aromatic nitrogens is 4.